The summed E-state index contributed by atoms with van der Waals surface area (Å²) in [5, 5.41) is 8.68. The summed E-state index contributed by atoms with van der Waals surface area (Å²) in [6.45, 7) is 6.03. The molecule has 0 unspecified atom stereocenters. The van der Waals surface area contributed by atoms with Crippen LogP contribution in [0.25, 0.3) is 0 Å². The van der Waals surface area contributed by atoms with Crippen LogP contribution in [0.15, 0.2) is 10.6 Å². The lowest BCUT2D eigenvalue weighted by Crippen LogP contribution is -2.24. The van der Waals surface area contributed by atoms with E-state index < -0.39 is 0 Å². The monoisotopic (exact) mass is 197 g/mol. The van der Waals surface area contributed by atoms with E-state index in [2.05, 4.69) is 15.8 Å². The molecule has 0 bridgehead atoms. The van der Waals surface area contributed by atoms with E-state index in [-0.39, 0.29) is 11.4 Å². The van der Waals surface area contributed by atoms with Crippen LogP contribution in [-0.4, -0.2) is 18.2 Å². The minimum absolute atomic E-state index is 0.102. The minimum atomic E-state index is -0.307. The lowest BCUT2D eigenvalue weighted by atomic mass is 9.93. The number of carbonyl (C=O) groups excluding carboxylic acids is 1. The Labute approximate surface area is 82.8 Å². The molecule has 0 saturated carbocycles. The molecule has 0 aliphatic heterocycles. The van der Waals surface area contributed by atoms with Gasteiger partial charge in [-0.15, -0.1) is 0 Å². The predicted octanol–water partition coefficient (Wildman–Crippen LogP) is 1.72. The van der Waals surface area contributed by atoms with Crippen molar-refractivity contribution in [2.45, 2.75) is 26.2 Å². The van der Waals surface area contributed by atoms with Gasteiger partial charge in [0, 0.05) is 18.5 Å². The van der Waals surface area contributed by atoms with Gasteiger partial charge in [-0.25, -0.2) is 4.79 Å². The van der Waals surface area contributed by atoms with E-state index in [0.29, 0.717) is 5.82 Å². The summed E-state index contributed by atoms with van der Waals surface area (Å²) in [6, 6.07) is 1.41. The number of urea groups is 1. The molecule has 0 radical (unpaired) electrons. The fourth-order valence-corrected chi connectivity index (χ4v) is 0.866. The number of nitrogens with zero attached hydrogens (tertiary/aromatic N) is 1. The summed E-state index contributed by atoms with van der Waals surface area (Å²) in [6.07, 6.45) is 0. The maximum atomic E-state index is 10.9. The topological polar surface area (TPSA) is 67.2 Å². The van der Waals surface area contributed by atoms with E-state index in [0.717, 1.165) is 5.76 Å². The highest BCUT2D eigenvalue weighted by Crippen LogP contribution is 2.24. The molecule has 0 spiro atoms. The van der Waals surface area contributed by atoms with Crippen LogP contribution in [0, 0.1) is 0 Å². The third kappa shape index (κ3) is 2.48. The van der Waals surface area contributed by atoms with Crippen LogP contribution < -0.4 is 10.6 Å². The van der Waals surface area contributed by atoms with Crippen molar-refractivity contribution in [3.63, 3.8) is 0 Å². The van der Waals surface area contributed by atoms with Crippen LogP contribution in [0.1, 0.15) is 26.5 Å². The number of amides is 2. The van der Waals surface area contributed by atoms with Gasteiger partial charge >= 0.3 is 6.03 Å². The Morgan fingerprint density at radius 3 is 2.57 bits per heavy atom. The van der Waals surface area contributed by atoms with Crippen molar-refractivity contribution in [1.29, 1.82) is 0 Å². The van der Waals surface area contributed by atoms with E-state index in [1.165, 1.54) is 0 Å². The second-order valence-corrected chi connectivity index (χ2v) is 4.03. The summed E-state index contributed by atoms with van der Waals surface area (Å²) in [4.78, 5) is 10.9. The molecule has 1 aromatic heterocycles. The van der Waals surface area contributed by atoms with Crippen LogP contribution >= 0.6 is 0 Å². The molecule has 0 aromatic carbocycles. The van der Waals surface area contributed by atoms with E-state index >= 15 is 0 Å². The van der Waals surface area contributed by atoms with Crippen LogP contribution in [0.5, 0.6) is 0 Å². The van der Waals surface area contributed by atoms with Crippen LogP contribution in [-0.2, 0) is 5.41 Å². The molecular weight excluding hydrogens is 182 g/mol. The van der Waals surface area contributed by atoms with Gasteiger partial charge in [0.25, 0.3) is 0 Å². The van der Waals surface area contributed by atoms with Gasteiger partial charge in [-0.2, -0.15) is 0 Å². The fourth-order valence-electron chi connectivity index (χ4n) is 0.866. The van der Waals surface area contributed by atoms with Gasteiger partial charge in [-0.3, -0.25) is 5.32 Å². The number of hydrogen-bond acceptors (Lipinski definition) is 3. The van der Waals surface area contributed by atoms with Crippen molar-refractivity contribution in [2.75, 3.05) is 12.4 Å². The Morgan fingerprint density at radius 1 is 1.50 bits per heavy atom. The zero-order valence-electron chi connectivity index (χ0n) is 8.84. The molecule has 5 heteroatoms. The molecule has 1 heterocycles. The quantitative estimate of drug-likeness (QED) is 0.720. The van der Waals surface area contributed by atoms with Gasteiger partial charge in [0.05, 0.1) is 0 Å². The third-order valence-corrected chi connectivity index (χ3v) is 1.72. The number of anilines is 1. The van der Waals surface area contributed by atoms with Crippen molar-refractivity contribution in [1.82, 2.24) is 10.5 Å². The van der Waals surface area contributed by atoms with E-state index in [9.17, 15) is 4.79 Å². The standard InChI is InChI=1S/C9H15N3O2/c1-9(2,3)6-5-7(12-14-6)11-8(13)10-4/h5H,1-4H3,(H2,10,11,12,13). The molecule has 14 heavy (non-hydrogen) atoms. The summed E-state index contributed by atoms with van der Waals surface area (Å²) in [5.74, 6) is 1.16. The molecule has 0 saturated heterocycles. The Balaban J connectivity index is 2.74. The first kappa shape index (κ1) is 10.6. The Morgan fingerprint density at radius 2 is 2.14 bits per heavy atom. The molecule has 5 nitrogen and oxygen atoms in total. The number of rotatable bonds is 1. The van der Waals surface area contributed by atoms with Gasteiger partial charge in [0.2, 0.25) is 0 Å². The molecule has 0 aliphatic carbocycles. The molecule has 0 atom stereocenters. The highest BCUT2D eigenvalue weighted by atomic mass is 16.5. The highest BCUT2D eigenvalue weighted by molar-refractivity contribution is 5.87. The summed E-state index contributed by atoms with van der Waals surface area (Å²) in [7, 11) is 1.54. The SMILES string of the molecule is CNC(=O)Nc1cc(C(C)(C)C)on1. The second kappa shape index (κ2) is 3.69. The third-order valence-electron chi connectivity index (χ3n) is 1.72. The number of nitrogens with one attached hydrogen (secondary N) is 2. The molecule has 0 aliphatic rings. The first-order valence-corrected chi connectivity index (χ1v) is 4.39. The van der Waals surface area contributed by atoms with Gasteiger partial charge in [-0.1, -0.05) is 25.9 Å². The lowest BCUT2D eigenvalue weighted by Gasteiger charge is -2.11. The average molecular weight is 197 g/mol. The zero-order valence-corrected chi connectivity index (χ0v) is 8.84. The molecule has 2 amide bonds. The number of hydrogen-bond donors (Lipinski definition) is 2. The number of aromatic nitrogens is 1. The van der Waals surface area contributed by atoms with Crippen LogP contribution in [0.3, 0.4) is 0 Å². The van der Waals surface area contributed by atoms with Gasteiger partial charge in [0.15, 0.2) is 5.82 Å². The van der Waals surface area contributed by atoms with Gasteiger partial charge < -0.3 is 9.84 Å². The van der Waals surface area contributed by atoms with Crippen molar-refractivity contribution < 1.29 is 9.32 Å². The zero-order chi connectivity index (χ0) is 10.8. The number of carbonyl (C=O) groups is 1. The first-order chi connectivity index (χ1) is 6.43. The average Bonchev–Trinajstić information content (AvgIpc) is 2.51. The largest absolute Gasteiger partial charge is 0.359 e. The van der Waals surface area contributed by atoms with Gasteiger partial charge in [-0.05, 0) is 0 Å². The maximum absolute atomic E-state index is 10.9. The van der Waals surface area contributed by atoms with Crippen molar-refractivity contribution in [3.8, 4) is 0 Å². The van der Waals surface area contributed by atoms with Crippen LogP contribution in [0.2, 0.25) is 0 Å². The summed E-state index contributed by atoms with van der Waals surface area (Å²) in [5.41, 5.74) is -0.102. The van der Waals surface area contributed by atoms with Crippen molar-refractivity contribution in [3.05, 3.63) is 11.8 Å². The lowest BCUT2D eigenvalue weighted by molar-refractivity contribution is 0.253. The molecule has 1 rings (SSSR count). The van der Waals surface area contributed by atoms with Crippen molar-refractivity contribution >= 4 is 11.8 Å². The van der Waals surface area contributed by atoms with E-state index in [1.54, 1.807) is 13.1 Å². The molecule has 1 aromatic rings. The Kier molecular flexibility index (Phi) is 2.78. The minimum Gasteiger partial charge on any atom is -0.359 e. The van der Waals surface area contributed by atoms with E-state index in [1.807, 2.05) is 20.8 Å². The fraction of sp³-hybridized carbons (Fsp3) is 0.556. The molecular formula is C9H15N3O2. The maximum Gasteiger partial charge on any atom is 0.320 e. The Hall–Kier alpha value is -1.52. The van der Waals surface area contributed by atoms with Crippen LogP contribution in [0.4, 0.5) is 10.6 Å². The van der Waals surface area contributed by atoms with Crippen molar-refractivity contribution in [2.24, 2.45) is 0 Å². The van der Waals surface area contributed by atoms with Gasteiger partial charge in [0.1, 0.15) is 5.76 Å². The molecule has 2 N–H and O–H groups in total. The summed E-state index contributed by atoms with van der Waals surface area (Å²) >= 11 is 0. The first-order valence-electron chi connectivity index (χ1n) is 4.39. The summed E-state index contributed by atoms with van der Waals surface area (Å²) < 4.78 is 5.08. The van der Waals surface area contributed by atoms with E-state index in [4.69, 9.17) is 4.52 Å². The normalized spacial score (nSPS) is 11.1. The second-order valence-electron chi connectivity index (χ2n) is 4.03. The Bertz CT molecular complexity index is 325. The highest BCUT2D eigenvalue weighted by Gasteiger charge is 2.19. The molecule has 0 fully saturated rings. The smallest absolute Gasteiger partial charge is 0.320 e. The molecule has 78 valence electrons. The predicted molar refractivity (Wildman–Crippen MR) is 53.3 cm³/mol.